The molecular formula is C14H24N4O2. The molecule has 0 aliphatic carbocycles. The van der Waals surface area contributed by atoms with Gasteiger partial charge in [-0.05, 0) is 38.6 Å². The molecule has 6 heteroatoms. The largest absolute Gasteiger partial charge is 0.381 e. The Morgan fingerprint density at radius 1 is 1.30 bits per heavy atom. The van der Waals surface area contributed by atoms with Crippen LogP contribution in [0.3, 0.4) is 0 Å². The topological polar surface area (TPSA) is 61.2 Å². The van der Waals surface area contributed by atoms with Crippen molar-refractivity contribution in [3.63, 3.8) is 0 Å². The van der Waals surface area contributed by atoms with Gasteiger partial charge in [-0.1, -0.05) is 5.21 Å². The van der Waals surface area contributed by atoms with Crippen LogP contribution in [0.15, 0.2) is 12.4 Å². The monoisotopic (exact) mass is 280 g/mol. The lowest BCUT2D eigenvalue weighted by Crippen LogP contribution is -2.50. The van der Waals surface area contributed by atoms with E-state index in [1.54, 1.807) is 6.20 Å². The van der Waals surface area contributed by atoms with E-state index in [4.69, 9.17) is 9.47 Å². The van der Waals surface area contributed by atoms with E-state index in [9.17, 15) is 0 Å². The Morgan fingerprint density at radius 2 is 2.20 bits per heavy atom. The number of hydrogen-bond acceptors (Lipinski definition) is 5. The van der Waals surface area contributed by atoms with Crippen LogP contribution in [0.1, 0.15) is 32.1 Å². The quantitative estimate of drug-likeness (QED) is 0.815. The Labute approximate surface area is 119 Å². The molecule has 20 heavy (non-hydrogen) atoms. The molecule has 0 amide bonds. The third-order valence-electron chi connectivity index (χ3n) is 4.37. The van der Waals surface area contributed by atoms with Gasteiger partial charge in [-0.2, -0.15) is 0 Å². The third kappa shape index (κ3) is 3.56. The second-order valence-corrected chi connectivity index (χ2v) is 5.81. The molecule has 0 saturated carbocycles. The standard InChI is InChI=1S/C14H24N4O2/c1(7-18-8-6-16-17-18)5-15-13-2-9-20-14(12-13)3-10-19-11-4-14/h6,8,13,15H,1-5,7,9-12H2. The Kier molecular flexibility index (Phi) is 4.65. The zero-order valence-corrected chi connectivity index (χ0v) is 12.0. The highest BCUT2D eigenvalue weighted by Gasteiger charge is 2.38. The van der Waals surface area contributed by atoms with Crippen LogP contribution in [0.4, 0.5) is 0 Å². The minimum absolute atomic E-state index is 0.0834. The molecule has 1 aromatic heterocycles. The molecule has 1 atom stereocenters. The molecule has 6 nitrogen and oxygen atoms in total. The van der Waals surface area contributed by atoms with Crippen molar-refractivity contribution in [3.8, 4) is 0 Å². The summed E-state index contributed by atoms with van der Waals surface area (Å²) in [5.41, 5.74) is 0.0834. The number of hydrogen-bond donors (Lipinski definition) is 1. The lowest BCUT2D eigenvalue weighted by molar-refractivity contribution is -0.140. The van der Waals surface area contributed by atoms with Crippen LogP contribution in [-0.4, -0.2) is 53.0 Å². The summed E-state index contributed by atoms with van der Waals surface area (Å²) in [7, 11) is 0. The van der Waals surface area contributed by atoms with E-state index >= 15 is 0 Å². The highest BCUT2D eigenvalue weighted by atomic mass is 16.5. The SMILES string of the molecule is c1cn(CCCNC2CCOC3(CCOCC3)C2)nn1. The van der Waals surface area contributed by atoms with Crippen LogP contribution in [0.25, 0.3) is 0 Å². The van der Waals surface area contributed by atoms with Crippen LogP contribution in [0.5, 0.6) is 0 Å². The Bertz CT molecular complexity index is 384. The summed E-state index contributed by atoms with van der Waals surface area (Å²) < 4.78 is 13.4. The van der Waals surface area contributed by atoms with Crippen LogP contribution in [0, 0.1) is 0 Å². The zero-order chi connectivity index (χ0) is 13.7. The lowest BCUT2D eigenvalue weighted by Gasteiger charge is -2.43. The average molecular weight is 280 g/mol. The van der Waals surface area contributed by atoms with Crippen LogP contribution in [-0.2, 0) is 16.0 Å². The molecule has 1 spiro atoms. The summed E-state index contributed by atoms with van der Waals surface area (Å²) in [5, 5.41) is 11.5. The van der Waals surface area contributed by atoms with Crippen LogP contribution >= 0.6 is 0 Å². The maximum Gasteiger partial charge on any atom is 0.0741 e. The van der Waals surface area contributed by atoms with Crippen molar-refractivity contribution >= 4 is 0 Å². The van der Waals surface area contributed by atoms with E-state index in [2.05, 4.69) is 15.6 Å². The molecule has 0 radical (unpaired) electrons. The third-order valence-corrected chi connectivity index (χ3v) is 4.37. The molecule has 1 aromatic rings. The molecule has 1 unspecified atom stereocenters. The highest BCUT2D eigenvalue weighted by Crippen LogP contribution is 2.34. The van der Waals surface area contributed by atoms with Gasteiger partial charge in [0.15, 0.2) is 0 Å². The first-order valence-electron chi connectivity index (χ1n) is 7.66. The molecule has 0 bridgehead atoms. The van der Waals surface area contributed by atoms with Crippen molar-refractivity contribution in [2.45, 2.75) is 50.3 Å². The van der Waals surface area contributed by atoms with Gasteiger partial charge >= 0.3 is 0 Å². The summed E-state index contributed by atoms with van der Waals surface area (Å²) in [4.78, 5) is 0. The summed E-state index contributed by atoms with van der Waals surface area (Å²) in [5.74, 6) is 0. The fourth-order valence-electron chi connectivity index (χ4n) is 3.19. The molecule has 2 aliphatic heterocycles. The lowest BCUT2D eigenvalue weighted by atomic mass is 9.84. The van der Waals surface area contributed by atoms with Gasteiger partial charge < -0.3 is 14.8 Å². The zero-order valence-electron chi connectivity index (χ0n) is 12.0. The van der Waals surface area contributed by atoms with E-state index in [1.165, 1.54) is 0 Å². The van der Waals surface area contributed by atoms with Gasteiger partial charge in [0, 0.05) is 38.6 Å². The van der Waals surface area contributed by atoms with Crippen molar-refractivity contribution in [2.75, 3.05) is 26.4 Å². The van der Waals surface area contributed by atoms with E-state index in [-0.39, 0.29) is 5.60 Å². The molecule has 2 aliphatic rings. The second kappa shape index (κ2) is 6.65. The van der Waals surface area contributed by atoms with E-state index in [0.717, 1.165) is 65.0 Å². The molecular weight excluding hydrogens is 256 g/mol. The number of nitrogens with one attached hydrogen (secondary N) is 1. The highest BCUT2D eigenvalue weighted by molar-refractivity contribution is 4.91. The molecule has 2 fully saturated rings. The fourth-order valence-corrected chi connectivity index (χ4v) is 3.19. The number of aryl methyl sites for hydroxylation is 1. The van der Waals surface area contributed by atoms with Gasteiger partial charge in [-0.3, -0.25) is 4.68 Å². The predicted molar refractivity (Wildman–Crippen MR) is 74.4 cm³/mol. The van der Waals surface area contributed by atoms with Gasteiger partial charge in [0.2, 0.25) is 0 Å². The number of aromatic nitrogens is 3. The number of ether oxygens (including phenoxy) is 2. The molecule has 0 aromatic carbocycles. The Balaban J connectivity index is 1.39. The Morgan fingerprint density at radius 3 is 3.00 bits per heavy atom. The summed E-state index contributed by atoms with van der Waals surface area (Å²) in [6, 6.07) is 0.581. The molecule has 3 rings (SSSR count). The van der Waals surface area contributed by atoms with E-state index < -0.39 is 0 Å². The van der Waals surface area contributed by atoms with Gasteiger partial charge in [-0.25, -0.2) is 0 Å². The van der Waals surface area contributed by atoms with Gasteiger partial charge in [0.05, 0.1) is 11.8 Å². The van der Waals surface area contributed by atoms with E-state index in [1.807, 2.05) is 10.9 Å². The second-order valence-electron chi connectivity index (χ2n) is 5.81. The van der Waals surface area contributed by atoms with Crippen molar-refractivity contribution in [1.29, 1.82) is 0 Å². The maximum absolute atomic E-state index is 6.06. The van der Waals surface area contributed by atoms with Crippen molar-refractivity contribution < 1.29 is 9.47 Å². The predicted octanol–water partition coefficient (Wildman–Crippen LogP) is 0.986. The van der Waals surface area contributed by atoms with Gasteiger partial charge in [0.25, 0.3) is 0 Å². The molecule has 1 N–H and O–H groups in total. The van der Waals surface area contributed by atoms with Crippen molar-refractivity contribution in [1.82, 2.24) is 20.3 Å². The van der Waals surface area contributed by atoms with Crippen molar-refractivity contribution in [3.05, 3.63) is 12.4 Å². The van der Waals surface area contributed by atoms with Crippen molar-refractivity contribution in [2.24, 2.45) is 0 Å². The number of nitrogens with zero attached hydrogens (tertiary/aromatic N) is 3. The van der Waals surface area contributed by atoms with Gasteiger partial charge in [0.1, 0.15) is 0 Å². The normalized spacial score (nSPS) is 25.9. The number of rotatable bonds is 5. The Hall–Kier alpha value is -0.980. The van der Waals surface area contributed by atoms with Gasteiger partial charge in [-0.15, -0.1) is 5.10 Å². The summed E-state index contributed by atoms with van der Waals surface area (Å²) >= 11 is 0. The minimum Gasteiger partial charge on any atom is -0.381 e. The molecule has 3 heterocycles. The smallest absolute Gasteiger partial charge is 0.0741 e. The minimum atomic E-state index is 0.0834. The van der Waals surface area contributed by atoms with Crippen LogP contribution < -0.4 is 5.32 Å². The van der Waals surface area contributed by atoms with E-state index in [0.29, 0.717) is 6.04 Å². The first kappa shape index (κ1) is 14.0. The summed E-state index contributed by atoms with van der Waals surface area (Å²) in [6.45, 7) is 4.52. The maximum atomic E-state index is 6.06. The fraction of sp³-hybridized carbons (Fsp3) is 0.857. The first-order chi connectivity index (χ1) is 9.86. The molecule has 112 valence electrons. The average Bonchev–Trinajstić information content (AvgIpc) is 2.98. The molecule has 2 saturated heterocycles. The van der Waals surface area contributed by atoms with Crippen LogP contribution in [0.2, 0.25) is 0 Å². The summed E-state index contributed by atoms with van der Waals surface area (Å²) in [6.07, 6.45) is 9.04. The first-order valence-corrected chi connectivity index (χ1v) is 7.66.